The Kier molecular flexibility index (Phi) is 4.52. The van der Waals surface area contributed by atoms with Gasteiger partial charge in [0.15, 0.2) is 0 Å². The van der Waals surface area contributed by atoms with Crippen molar-refractivity contribution in [1.82, 2.24) is 0 Å². The minimum absolute atomic E-state index is 0.0838. The van der Waals surface area contributed by atoms with E-state index in [0.29, 0.717) is 0 Å². The summed E-state index contributed by atoms with van der Waals surface area (Å²) < 4.78 is 23.2. The van der Waals surface area contributed by atoms with E-state index in [0.717, 1.165) is 0 Å². The fourth-order valence-corrected chi connectivity index (χ4v) is 1.43. The molecule has 0 heterocycles. The second-order valence-electron chi connectivity index (χ2n) is 4.63. The van der Waals surface area contributed by atoms with E-state index < -0.39 is 11.6 Å². The predicted octanol–water partition coefficient (Wildman–Crippen LogP) is 1.95. The molecule has 4 heteroatoms. The van der Waals surface area contributed by atoms with Gasteiger partial charge in [-0.3, -0.25) is 0 Å². The number of methoxy groups -OCH3 is 2. The van der Waals surface area contributed by atoms with E-state index in [4.69, 9.17) is 4.74 Å². The van der Waals surface area contributed by atoms with Gasteiger partial charge in [-0.25, -0.2) is 9.18 Å². The fraction of sp³-hybridized carbons (Fsp3) is 0.900. The zero-order valence-electron chi connectivity index (χ0n) is 9.52. The van der Waals surface area contributed by atoms with Crippen LogP contribution in [0.25, 0.3) is 0 Å². The lowest BCUT2D eigenvalue weighted by Gasteiger charge is -2.29. The maximum absolute atomic E-state index is 14.1. The van der Waals surface area contributed by atoms with Crippen LogP contribution < -0.4 is 0 Å². The lowest BCUT2D eigenvalue weighted by atomic mass is 9.83. The maximum Gasteiger partial charge on any atom is 0.346 e. The summed E-state index contributed by atoms with van der Waals surface area (Å²) in [5.74, 6) is -0.866. The van der Waals surface area contributed by atoms with Crippen molar-refractivity contribution in [2.45, 2.75) is 32.9 Å². The SMILES string of the molecule is COCC(F)(CC(C)(C)C)C(=O)OC. The van der Waals surface area contributed by atoms with Crippen LogP contribution in [0.1, 0.15) is 27.2 Å². The Morgan fingerprint density at radius 1 is 1.29 bits per heavy atom. The molecule has 0 amide bonds. The summed E-state index contributed by atoms with van der Waals surface area (Å²) in [5, 5.41) is 0. The summed E-state index contributed by atoms with van der Waals surface area (Å²) in [5.41, 5.74) is -2.33. The van der Waals surface area contributed by atoms with Crippen LogP contribution in [0.4, 0.5) is 4.39 Å². The van der Waals surface area contributed by atoms with Gasteiger partial charge in [0.25, 0.3) is 0 Å². The van der Waals surface area contributed by atoms with Crippen molar-refractivity contribution in [3.8, 4) is 0 Å². The van der Waals surface area contributed by atoms with E-state index in [9.17, 15) is 9.18 Å². The van der Waals surface area contributed by atoms with E-state index in [-0.39, 0.29) is 18.4 Å². The zero-order chi connectivity index (χ0) is 11.4. The molecule has 14 heavy (non-hydrogen) atoms. The first-order chi connectivity index (χ1) is 6.25. The van der Waals surface area contributed by atoms with E-state index in [1.165, 1.54) is 14.2 Å². The molecule has 0 fully saturated rings. The topological polar surface area (TPSA) is 35.5 Å². The highest BCUT2D eigenvalue weighted by molar-refractivity contribution is 5.79. The molecule has 0 saturated carbocycles. The number of rotatable bonds is 4. The van der Waals surface area contributed by atoms with Crippen LogP contribution in [-0.4, -0.2) is 32.5 Å². The molecule has 0 radical (unpaired) electrons. The van der Waals surface area contributed by atoms with E-state index in [1.807, 2.05) is 20.8 Å². The van der Waals surface area contributed by atoms with Gasteiger partial charge < -0.3 is 9.47 Å². The number of hydrogen-bond acceptors (Lipinski definition) is 3. The number of carbonyl (C=O) groups excluding carboxylic acids is 1. The van der Waals surface area contributed by atoms with E-state index >= 15 is 0 Å². The molecule has 0 N–H and O–H groups in total. The Labute approximate surface area is 84.6 Å². The van der Waals surface area contributed by atoms with Crippen molar-refractivity contribution in [2.24, 2.45) is 5.41 Å². The van der Waals surface area contributed by atoms with Crippen molar-refractivity contribution in [3.05, 3.63) is 0 Å². The molecule has 0 aliphatic rings. The first kappa shape index (κ1) is 13.4. The van der Waals surface area contributed by atoms with Crippen molar-refractivity contribution in [2.75, 3.05) is 20.8 Å². The van der Waals surface area contributed by atoms with Crippen LogP contribution in [0.3, 0.4) is 0 Å². The molecule has 1 unspecified atom stereocenters. The third-order valence-corrected chi connectivity index (χ3v) is 1.73. The van der Waals surface area contributed by atoms with Crippen LogP contribution in [0.2, 0.25) is 0 Å². The summed E-state index contributed by atoms with van der Waals surface area (Å²) in [6, 6.07) is 0. The first-order valence-electron chi connectivity index (χ1n) is 4.51. The molecule has 0 saturated heterocycles. The van der Waals surface area contributed by atoms with Gasteiger partial charge in [-0.2, -0.15) is 0 Å². The molecular weight excluding hydrogens is 187 g/mol. The number of esters is 1. The molecule has 0 aromatic heterocycles. The zero-order valence-corrected chi connectivity index (χ0v) is 9.52. The third kappa shape index (κ3) is 4.05. The van der Waals surface area contributed by atoms with Gasteiger partial charge >= 0.3 is 5.97 Å². The number of halogens is 1. The maximum atomic E-state index is 14.1. The summed E-state index contributed by atoms with van der Waals surface area (Å²) in [6.07, 6.45) is 0.0838. The van der Waals surface area contributed by atoms with Gasteiger partial charge in [-0.1, -0.05) is 20.8 Å². The molecule has 3 nitrogen and oxygen atoms in total. The average Bonchev–Trinajstić information content (AvgIpc) is 2.00. The molecule has 0 aliphatic carbocycles. The van der Waals surface area contributed by atoms with Crippen LogP contribution in [0.5, 0.6) is 0 Å². The second kappa shape index (κ2) is 4.73. The smallest absolute Gasteiger partial charge is 0.346 e. The van der Waals surface area contributed by atoms with Gasteiger partial charge in [0, 0.05) is 7.11 Å². The summed E-state index contributed by atoms with van der Waals surface area (Å²) in [7, 11) is 2.54. The molecular formula is C10H19FO3. The highest BCUT2D eigenvalue weighted by Gasteiger charge is 2.43. The lowest BCUT2D eigenvalue weighted by Crippen LogP contribution is -2.42. The van der Waals surface area contributed by atoms with Gasteiger partial charge in [0.05, 0.1) is 13.7 Å². The molecule has 84 valence electrons. The summed E-state index contributed by atoms with van der Waals surface area (Å²) in [6.45, 7) is 5.32. The minimum atomic E-state index is -2.04. The third-order valence-electron chi connectivity index (χ3n) is 1.73. The molecule has 0 spiro atoms. The number of hydrogen-bond donors (Lipinski definition) is 0. The highest BCUT2D eigenvalue weighted by atomic mass is 19.1. The van der Waals surface area contributed by atoms with Crippen molar-refractivity contribution < 1.29 is 18.7 Å². The van der Waals surface area contributed by atoms with Crippen molar-refractivity contribution in [3.63, 3.8) is 0 Å². The molecule has 0 aromatic rings. The minimum Gasteiger partial charge on any atom is -0.467 e. The van der Waals surface area contributed by atoms with Crippen molar-refractivity contribution in [1.29, 1.82) is 0 Å². The predicted molar refractivity (Wildman–Crippen MR) is 51.8 cm³/mol. The lowest BCUT2D eigenvalue weighted by molar-refractivity contribution is -0.161. The van der Waals surface area contributed by atoms with E-state index in [1.54, 1.807) is 0 Å². The van der Waals surface area contributed by atoms with Gasteiger partial charge in [-0.05, 0) is 11.8 Å². The Hall–Kier alpha value is -0.640. The molecule has 0 bridgehead atoms. The second-order valence-corrected chi connectivity index (χ2v) is 4.63. The Morgan fingerprint density at radius 2 is 1.79 bits per heavy atom. The highest BCUT2D eigenvalue weighted by Crippen LogP contribution is 2.31. The quantitative estimate of drug-likeness (QED) is 0.659. The molecule has 0 aromatic carbocycles. The van der Waals surface area contributed by atoms with Crippen LogP contribution in [0.15, 0.2) is 0 Å². The van der Waals surface area contributed by atoms with Gasteiger partial charge in [-0.15, -0.1) is 0 Å². The normalized spacial score (nSPS) is 16.1. The standard InChI is InChI=1S/C10H19FO3/c1-9(2,3)6-10(11,7-13-4)8(12)14-5/h6-7H2,1-5H3. The Morgan fingerprint density at radius 3 is 2.07 bits per heavy atom. The summed E-state index contributed by atoms with van der Waals surface area (Å²) >= 11 is 0. The molecule has 1 atom stereocenters. The number of ether oxygens (including phenoxy) is 2. The molecule has 0 rings (SSSR count). The van der Waals surface area contributed by atoms with E-state index in [2.05, 4.69) is 4.74 Å². The monoisotopic (exact) mass is 206 g/mol. The van der Waals surface area contributed by atoms with Gasteiger partial charge in [0.1, 0.15) is 0 Å². The Bertz CT molecular complexity index is 198. The fourth-order valence-electron chi connectivity index (χ4n) is 1.43. The average molecular weight is 206 g/mol. The molecule has 0 aliphatic heterocycles. The summed E-state index contributed by atoms with van der Waals surface area (Å²) in [4.78, 5) is 11.2. The number of carbonyl (C=O) groups is 1. The Balaban J connectivity index is 4.63. The van der Waals surface area contributed by atoms with Crippen LogP contribution in [-0.2, 0) is 14.3 Å². The largest absolute Gasteiger partial charge is 0.467 e. The van der Waals surface area contributed by atoms with Gasteiger partial charge in [0.2, 0.25) is 5.67 Å². The number of alkyl halides is 1. The first-order valence-corrected chi connectivity index (χ1v) is 4.51. The van der Waals surface area contributed by atoms with Crippen LogP contribution >= 0.6 is 0 Å². The van der Waals surface area contributed by atoms with Crippen LogP contribution in [0, 0.1) is 5.41 Å². The van der Waals surface area contributed by atoms with Crippen molar-refractivity contribution >= 4 is 5.97 Å².